The van der Waals surface area contributed by atoms with E-state index in [2.05, 4.69) is 69.2 Å². The topological polar surface area (TPSA) is 18.5 Å². The molecule has 0 aromatic rings. The normalized spacial score (nSPS) is 14.8. The fraction of sp³-hybridized carbons (Fsp3) is 1.00. The summed E-state index contributed by atoms with van der Waals surface area (Å²) in [5, 5.41) is 0.111. The highest BCUT2D eigenvalue weighted by Gasteiger charge is 2.58. The summed E-state index contributed by atoms with van der Waals surface area (Å²) in [4.78, 5) is 0. The van der Waals surface area contributed by atoms with Gasteiger partial charge in [-0.25, -0.2) is 0 Å². The van der Waals surface area contributed by atoms with Gasteiger partial charge in [0.25, 0.3) is 0 Å². The molecule has 0 bridgehead atoms. The van der Waals surface area contributed by atoms with Gasteiger partial charge in [0.15, 0.2) is 0 Å². The summed E-state index contributed by atoms with van der Waals surface area (Å²) >= 11 is 0. The first-order chi connectivity index (χ1) is 7.33. The number of rotatable bonds is 4. The lowest BCUT2D eigenvalue weighted by Crippen LogP contribution is -2.59. The van der Waals surface area contributed by atoms with E-state index in [0.29, 0.717) is 0 Å². The van der Waals surface area contributed by atoms with Crippen LogP contribution in [0.3, 0.4) is 0 Å². The number of hydrogen-bond acceptors (Lipinski definition) is 2. The summed E-state index contributed by atoms with van der Waals surface area (Å²) in [6, 6.07) is 0. The summed E-state index contributed by atoms with van der Waals surface area (Å²) < 4.78 is 12.8. The quantitative estimate of drug-likeness (QED) is 0.671. The molecular weight excluding hydrogens is 228 g/mol. The molecule has 0 saturated heterocycles. The van der Waals surface area contributed by atoms with Crippen LogP contribution in [-0.4, -0.2) is 20.8 Å². The summed E-state index contributed by atoms with van der Waals surface area (Å²) in [5.74, 6) is 0. The van der Waals surface area contributed by atoms with Gasteiger partial charge in [0.05, 0.1) is 0 Å². The van der Waals surface area contributed by atoms with Crippen molar-refractivity contribution in [3.63, 3.8) is 0 Å². The van der Waals surface area contributed by atoms with Crippen molar-refractivity contribution in [1.82, 2.24) is 0 Å². The molecule has 0 atom stereocenters. The van der Waals surface area contributed by atoms with Gasteiger partial charge in [-0.1, -0.05) is 41.5 Å². The van der Waals surface area contributed by atoms with Crippen LogP contribution in [0, 0.1) is 0 Å². The van der Waals surface area contributed by atoms with Gasteiger partial charge in [0, 0.05) is 22.3 Å². The maximum absolute atomic E-state index is 6.39. The van der Waals surface area contributed by atoms with Crippen LogP contribution in [0.15, 0.2) is 0 Å². The van der Waals surface area contributed by atoms with Gasteiger partial charge in [0.2, 0.25) is 0 Å². The predicted molar refractivity (Wildman–Crippen MR) is 77.6 cm³/mol. The highest BCUT2D eigenvalue weighted by atomic mass is 28.4. The van der Waals surface area contributed by atoms with Gasteiger partial charge < -0.3 is 8.85 Å². The molecule has 0 aliphatic rings. The monoisotopic (exact) mass is 260 g/mol. The van der Waals surface area contributed by atoms with Gasteiger partial charge in [-0.3, -0.25) is 0 Å². The van der Waals surface area contributed by atoms with E-state index in [1.807, 2.05) is 0 Å². The van der Waals surface area contributed by atoms with Gasteiger partial charge in [-0.2, -0.15) is 0 Å². The Morgan fingerprint density at radius 1 is 0.647 bits per heavy atom. The molecule has 0 saturated carbocycles. The molecule has 0 aliphatic heterocycles. The fourth-order valence-corrected chi connectivity index (χ4v) is 7.57. The van der Waals surface area contributed by atoms with Crippen LogP contribution in [-0.2, 0) is 8.85 Å². The van der Waals surface area contributed by atoms with Crippen LogP contribution >= 0.6 is 0 Å². The molecule has 0 aromatic carbocycles. The summed E-state index contributed by atoms with van der Waals surface area (Å²) in [6.45, 7) is 21.9. The SMILES string of the molecule is CC(C)O[Si](OC(C)C)(C(C)(C)C)C(C)(C)C. The molecule has 0 fully saturated rings. The third-order valence-electron chi connectivity index (χ3n) is 2.78. The zero-order chi connectivity index (χ0) is 14.1. The maximum atomic E-state index is 6.39. The largest absolute Gasteiger partial charge is 0.391 e. The van der Waals surface area contributed by atoms with E-state index in [1.54, 1.807) is 0 Å². The first kappa shape index (κ1) is 17.1. The van der Waals surface area contributed by atoms with Crippen molar-refractivity contribution in [3.8, 4) is 0 Å². The lowest BCUT2D eigenvalue weighted by molar-refractivity contribution is 0.0713. The molecule has 2 nitrogen and oxygen atoms in total. The van der Waals surface area contributed by atoms with E-state index in [4.69, 9.17) is 8.85 Å². The first-order valence-electron chi connectivity index (χ1n) is 6.69. The minimum atomic E-state index is -2.32. The van der Waals surface area contributed by atoms with Gasteiger partial charge in [-0.05, 0) is 27.7 Å². The minimum absolute atomic E-state index is 0.0553. The molecule has 0 heterocycles. The third kappa shape index (κ3) is 4.07. The average Bonchev–Trinajstić information content (AvgIpc) is 1.96. The molecule has 3 heteroatoms. The Bertz CT molecular complexity index is 208. The zero-order valence-electron chi connectivity index (χ0n) is 13.5. The van der Waals surface area contributed by atoms with Crippen molar-refractivity contribution in [2.45, 2.75) is 91.5 Å². The third-order valence-corrected chi connectivity index (χ3v) is 8.33. The van der Waals surface area contributed by atoms with E-state index < -0.39 is 8.56 Å². The molecule has 0 radical (unpaired) electrons. The Morgan fingerprint density at radius 2 is 0.882 bits per heavy atom. The van der Waals surface area contributed by atoms with Crippen molar-refractivity contribution in [3.05, 3.63) is 0 Å². The molecule has 17 heavy (non-hydrogen) atoms. The molecule has 104 valence electrons. The summed E-state index contributed by atoms with van der Waals surface area (Å²) in [7, 11) is -2.32. The highest BCUT2D eigenvalue weighted by molar-refractivity contribution is 6.73. The molecule has 0 unspecified atom stereocenters. The van der Waals surface area contributed by atoms with Crippen LogP contribution in [0.2, 0.25) is 10.1 Å². The fourth-order valence-electron chi connectivity index (χ4n) is 2.52. The van der Waals surface area contributed by atoms with E-state index >= 15 is 0 Å². The molecule has 0 aliphatic carbocycles. The van der Waals surface area contributed by atoms with E-state index in [1.165, 1.54) is 0 Å². The van der Waals surface area contributed by atoms with Crippen LogP contribution < -0.4 is 0 Å². The Balaban J connectivity index is 5.55. The Labute approximate surface area is 109 Å². The van der Waals surface area contributed by atoms with Gasteiger partial charge in [-0.15, -0.1) is 0 Å². The second-order valence-corrected chi connectivity index (χ2v) is 12.2. The summed E-state index contributed by atoms with van der Waals surface area (Å²) in [5.41, 5.74) is 0. The molecule has 0 spiro atoms. The van der Waals surface area contributed by atoms with Crippen LogP contribution in [0.25, 0.3) is 0 Å². The van der Waals surface area contributed by atoms with Crippen molar-refractivity contribution in [2.75, 3.05) is 0 Å². The first-order valence-corrected chi connectivity index (χ1v) is 8.51. The Hall–Kier alpha value is 0.137. The Kier molecular flexibility index (Phi) is 5.46. The predicted octanol–water partition coefficient (Wildman–Crippen LogP) is 4.88. The average molecular weight is 260 g/mol. The zero-order valence-corrected chi connectivity index (χ0v) is 14.5. The molecular formula is C14H32O2Si. The second kappa shape index (κ2) is 5.41. The highest BCUT2D eigenvalue weighted by Crippen LogP contribution is 2.53. The van der Waals surface area contributed by atoms with Crippen molar-refractivity contribution < 1.29 is 8.85 Å². The minimum Gasteiger partial charge on any atom is -0.391 e. The standard InChI is InChI=1S/C14H32O2Si/c1-11(2)15-17(13(5,6)7,14(8,9)10)16-12(3)4/h11-12H,1-10H3. The molecule has 0 aromatic heterocycles. The van der Waals surface area contributed by atoms with Crippen molar-refractivity contribution >= 4 is 8.56 Å². The smallest absolute Gasteiger partial charge is 0.349 e. The molecule has 0 rings (SSSR count). The molecule has 0 amide bonds. The van der Waals surface area contributed by atoms with E-state index in [0.717, 1.165) is 0 Å². The van der Waals surface area contributed by atoms with Crippen LogP contribution in [0.4, 0.5) is 0 Å². The maximum Gasteiger partial charge on any atom is 0.349 e. The van der Waals surface area contributed by atoms with Crippen molar-refractivity contribution in [2.24, 2.45) is 0 Å². The van der Waals surface area contributed by atoms with Crippen LogP contribution in [0.1, 0.15) is 69.2 Å². The lowest BCUT2D eigenvalue weighted by Gasteiger charge is -2.50. The molecule has 0 N–H and O–H groups in total. The van der Waals surface area contributed by atoms with Gasteiger partial charge in [0.1, 0.15) is 0 Å². The van der Waals surface area contributed by atoms with Gasteiger partial charge >= 0.3 is 8.56 Å². The number of hydrogen-bond donors (Lipinski definition) is 0. The van der Waals surface area contributed by atoms with E-state index in [9.17, 15) is 0 Å². The van der Waals surface area contributed by atoms with Crippen molar-refractivity contribution in [1.29, 1.82) is 0 Å². The second-order valence-electron chi connectivity index (χ2n) is 7.45. The Morgan fingerprint density at radius 3 is 1.00 bits per heavy atom. The van der Waals surface area contributed by atoms with Crippen LogP contribution in [0.5, 0.6) is 0 Å². The lowest BCUT2D eigenvalue weighted by atomic mass is 10.2. The summed E-state index contributed by atoms with van der Waals surface area (Å²) in [6.07, 6.45) is 0.415. The van der Waals surface area contributed by atoms with E-state index in [-0.39, 0.29) is 22.3 Å².